The highest BCUT2D eigenvalue weighted by molar-refractivity contribution is 5.71. The average Bonchev–Trinajstić information content (AvgIpc) is 3.05. The summed E-state index contributed by atoms with van der Waals surface area (Å²) in [5.41, 5.74) is 1.45. The maximum atomic E-state index is 14.3. The highest BCUT2D eigenvalue weighted by Crippen LogP contribution is 2.29. The van der Waals surface area contributed by atoms with Gasteiger partial charge in [0.2, 0.25) is 5.78 Å². The zero-order valence-electron chi connectivity index (χ0n) is 14.7. The van der Waals surface area contributed by atoms with Crippen molar-refractivity contribution in [2.45, 2.75) is 19.4 Å². The van der Waals surface area contributed by atoms with E-state index in [9.17, 15) is 13.9 Å². The minimum absolute atomic E-state index is 0.267. The van der Waals surface area contributed by atoms with Crippen molar-refractivity contribution in [3.05, 3.63) is 72.3 Å². The highest BCUT2D eigenvalue weighted by atomic mass is 19.1. The van der Waals surface area contributed by atoms with Crippen LogP contribution in [0.3, 0.4) is 0 Å². The van der Waals surface area contributed by atoms with Crippen LogP contribution in [-0.4, -0.2) is 24.5 Å². The van der Waals surface area contributed by atoms with E-state index in [2.05, 4.69) is 15.0 Å². The third kappa shape index (κ3) is 3.17. The molecule has 0 amide bonds. The van der Waals surface area contributed by atoms with E-state index >= 15 is 0 Å². The van der Waals surface area contributed by atoms with Crippen molar-refractivity contribution in [2.75, 3.05) is 0 Å². The molecule has 1 N–H and O–H groups in total. The summed E-state index contributed by atoms with van der Waals surface area (Å²) >= 11 is 0. The van der Waals surface area contributed by atoms with Crippen molar-refractivity contribution in [3.63, 3.8) is 0 Å². The molecule has 136 valence electrons. The first-order valence-corrected chi connectivity index (χ1v) is 8.32. The Balaban J connectivity index is 1.82. The van der Waals surface area contributed by atoms with Crippen molar-refractivity contribution in [2.24, 2.45) is 0 Å². The Bertz CT molecular complexity index is 1130. The van der Waals surface area contributed by atoms with Crippen molar-refractivity contribution in [1.29, 1.82) is 0 Å². The monoisotopic (exact) mass is 366 g/mol. The van der Waals surface area contributed by atoms with E-state index in [0.29, 0.717) is 28.4 Å². The number of fused-ring (bicyclic) bond motifs is 1. The zero-order chi connectivity index (χ0) is 19.2. The van der Waals surface area contributed by atoms with Crippen LogP contribution in [0.5, 0.6) is 0 Å². The lowest BCUT2D eigenvalue weighted by Gasteiger charge is -2.16. The highest BCUT2D eigenvalue weighted by Gasteiger charge is 2.19. The van der Waals surface area contributed by atoms with Crippen molar-refractivity contribution in [3.8, 4) is 22.5 Å². The maximum Gasteiger partial charge on any atom is 0.234 e. The van der Waals surface area contributed by atoms with Crippen LogP contribution in [0.15, 0.2) is 55.0 Å². The molecule has 0 fully saturated rings. The summed E-state index contributed by atoms with van der Waals surface area (Å²) in [5.74, 6) is -0.504. The lowest BCUT2D eigenvalue weighted by molar-refractivity contribution is 0.0739. The lowest BCUT2D eigenvalue weighted by atomic mass is 10.0. The van der Waals surface area contributed by atoms with Crippen LogP contribution in [0.1, 0.15) is 19.5 Å². The fraction of sp³-hybridized carbons (Fsp3) is 0.150. The van der Waals surface area contributed by atoms with Crippen molar-refractivity contribution < 1.29 is 13.9 Å². The standard InChI is InChI=1S/C20H16F2N4O/c1-20(2,27)18-7-8-26-17(11-24-19(26)25-18)12-3-5-15(22)14(9-12)16-6-4-13(21)10-23-16/h3-11,27H,1-2H3. The molecule has 0 atom stereocenters. The number of rotatable bonds is 3. The van der Waals surface area contributed by atoms with Gasteiger partial charge in [-0.3, -0.25) is 9.38 Å². The van der Waals surface area contributed by atoms with Gasteiger partial charge in [0, 0.05) is 17.3 Å². The molecule has 4 aromatic rings. The van der Waals surface area contributed by atoms with Crippen LogP contribution in [0.2, 0.25) is 0 Å². The first-order chi connectivity index (χ1) is 12.8. The fourth-order valence-corrected chi connectivity index (χ4v) is 2.84. The normalized spacial score (nSPS) is 11.9. The number of aromatic nitrogens is 4. The average molecular weight is 366 g/mol. The number of hydrogen-bond acceptors (Lipinski definition) is 4. The second-order valence-corrected chi connectivity index (χ2v) is 6.74. The molecule has 0 spiro atoms. The molecule has 0 bridgehead atoms. The molecule has 1 aromatic carbocycles. The van der Waals surface area contributed by atoms with Gasteiger partial charge in [-0.05, 0) is 50.2 Å². The first-order valence-electron chi connectivity index (χ1n) is 8.32. The fourth-order valence-electron chi connectivity index (χ4n) is 2.84. The number of aliphatic hydroxyl groups is 1. The van der Waals surface area contributed by atoms with Gasteiger partial charge in [0.25, 0.3) is 0 Å². The Hall–Kier alpha value is -3.19. The van der Waals surface area contributed by atoms with Gasteiger partial charge in [-0.1, -0.05) is 0 Å². The summed E-state index contributed by atoms with van der Waals surface area (Å²) in [6.45, 7) is 3.30. The molecule has 0 aliphatic rings. The quantitative estimate of drug-likeness (QED) is 0.596. The van der Waals surface area contributed by atoms with Crippen LogP contribution in [0, 0.1) is 11.6 Å². The molecule has 0 aliphatic heterocycles. The Labute approximate surface area is 154 Å². The minimum atomic E-state index is -1.08. The van der Waals surface area contributed by atoms with E-state index in [-0.39, 0.29) is 5.56 Å². The molecule has 0 unspecified atom stereocenters. The molecule has 5 nitrogen and oxygen atoms in total. The summed E-state index contributed by atoms with van der Waals surface area (Å²) in [5, 5.41) is 10.1. The van der Waals surface area contributed by atoms with E-state index in [1.807, 2.05) is 0 Å². The third-order valence-corrected chi connectivity index (χ3v) is 4.27. The molecular formula is C20H16F2N4O. The van der Waals surface area contributed by atoms with Crippen LogP contribution in [-0.2, 0) is 5.60 Å². The summed E-state index contributed by atoms with van der Waals surface area (Å²) in [6.07, 6.45) is 4.44. The van der Waals surface area contributed by atoms with Gasteiger partial charge in [-0.2, -0.15) is 0 Å². The summed E-state index contributed by atoms with van der Waals surface area (Å²) < 4.78 is 29.2. The number of halogens is 2. The Morgan fingerprint density at radius 1 is 1.00 bits per heavy atom. The Morgan fingerprint density at radius 3 is 2.52 bits per heavy atom. The summed E-state index contributed by atoms with van der Waals surface area (Å²) in [4.78, 5) is 12.6. The SMILES string of the molecule is CC(C)(O)c1ccn2c(-c3ccc(F)c(-c4ccc(F)cn4)c3)cnc2n1. The molecule has 3 heterocycles. The molecule has 0 aliphatic carbocycles. The molecule has 4 rings (SSSR count). The van der Waals surface area contributed by atoms with Gasteiger partial charge >= 0.3 is 0 Å². The van der Waals surface area contributed by atoms with E-state index < -0.39 is 17.2 Å². The van der Waals surface area contributed by atoms with Crippen LogP contribution in [0.4, 0.5) is 8.78 Å². The van der Waals surface area contributed by atoms with Crippen LogP contribution in [0.25, 0.3) is 28.3 Å². The van der Waals surface area contributed by atoms with E-state index in [1.54, 1.807) is 48.8 Å². The van der Waals surface area contributed by atoms with Gasteiger partial charge in [0.05, 0.1) is 29.5 Å². The topological polar surface area (TPSA) is 63.3 Å². The molecule has 27 heavy (non-hydrogen) atoms. The minimum Gasteiger partial charge on any atom is -0.384 e. The second kappa shape index (κ2) is 6.21. The summed E-state index contributed by atoms with van der Waals surface area (Å²) in [6, 6.07) is 9.00. The molecule has 0 saturated heterocycles. The van der Waals surface area contributed by atoms with Gasteiger partial charge in [0.1, 0.15) is 17.2 Å². The second-order valence-electron chi connectivity index (χ2n) is 6.74. The predicted octanol–water partition coefficient (Wildman–Crippen LogP) is 3.96. The number of benzene rings is 1. The van der Waals surface area contributed by atoms with Crippen LogP contribution < -0.4 is 0 Å². The maximum absolute atomic E-state index is 14.3. The van der Waals surface area contributed by atoms with Crippen molar-refractivity contribution in [1.82, 2.24) is 19.4 Å². The Kier molecular flexibility index (Phi) is 3.96. The number of imidazole rings is 1. The third-order valence-electron chi connectivity index (χ3n) is 4.27. The van der Waals surface area contributed by atoms with Crippen LogP contribution >= 0.6 is 0 Å². The van der Waals surface area contributed by atoms with E-state index in [4.69, 9.17) is 0 Å². The number of nitrogens with zero attached hydrogens (tertiary/aromatic N) is 4. The molecule has 0 saturated carbocycles. The van der Waals surface area contributed by atoms with Gasteiger partial charge < -0.3 is 5.11 Å². The number of hydrogen-bond donors (Lipinski definition) is 1. The zero-order valence-corrected chi connectivity index (χ0v) is 14.7. The smallest absolute Gasteiger partial charge is 0.234 e. The van der Waals surface area contributed by atoms with Gasteiger partial charge in [-0.15, -0.1) is 0 Å². The molecule has 3 aromatic heterocycles. The molecular weight excluding hydrogens is 350 g/mol. The lowest BCUT2D eigenvalue weighted by Crippen LogP contribution is -2.18. The van der Waals surface area contributed by atoms with Gasteiger partial charge in [-0.25, -0.2) is 18.7 Å². The molecule has 7 heteroatoms. The molecule has 0 radical (unpaired) electrons. The van der Waals surface area contributed by atoms with E-state index in [0.717, 1.165) is 6.20 Å². The van der Waals surface area contributed by atoms with Gasteiger partial charge in [0.15, 0.2) is 0 Å². The first kappa shape index (κ1) is 17.2. The van der Waals surface area contributed by atoms with E-state index in [1.165, 1.54) is 18.2 Å². The largest absolute Gasteiger partial charge is 0.384 e. The summed E-state index contributed by atoms with van der Waals surface area (Å²) in [7, 11) is 0. The number of pyridine rings is 1. The Morgan fingerprint density at radius 2 is 1.81 bits per heavy atom. The predicted molar refractivity (Wildman–Crippen MR) is 96.8 cm³/mol. The van der Waals surface area contributed by atoms with Crippen molar-refractivity contribution >= 4 is 5.78 Å².